The Kier molecular flexibility index (Phi) is 4.48. The van der Waals surface area contributed by atoms with Crippen molar-refractivity contribution >= 4 is 75.0 Å². The molecule has 40 heavy (non-hydrogen) atoms. The third kappa shape index (κ3) is 3.05. The number of nitrogens with zero attached hydrogens (tertiary/aromatic N) is 3. The van der Waals surface area contributed by atoms with Crippen LogP contribution >= 0.6 is 11.3 Å². The summed E-state index contributed by atoms with van der Waals surface area (Å²) in [5, 5.41) is 8.44. The molecule has 0 aliphatic heterocycles. The molecule has 0 aliphatic rings. The highest BCUT2D eigenvalue weighted by molar-refractivity contribution is 7.25. The Morgan fingerprint density at radius 3 is 2.15 bits per heavy atom. The van der Waals surface area contributed by atoms with Gasteiger partial charge in [-0.15, -0.1) is 11.3 Å². The van der Waals surface area contributed by atoms with Crippen molar-refractivity contribution in [2.24, 2.45) is 0 Å². The molecule has 3 aromatic heterocycles. The summed E-state index contributed by atoms with van der Waals surface area (Å²) in [5.41, 5.74) is 5.22. The minimum absolute atomic E-state index is 0.688. The number of fused-ring (bicyclic) bond motifs is 9. The fourth-order valence-electron chi connectivity index (χ4n) is 6.18. The molecule has 4 heteroatoms. The van der Waals surface area contributed by atoms with Crippen LogP contribution in [0.4, 0.5) is 0 Å². The van der Waals surface area contributed by atoms with Crippen LogP contribution < -0.4 is 0 Å². The molecule has 0 saturated carbocycles. The average molecular weight is 528 g/mol. The first kappa shape index (κ1) is 21.8. The van der Waals surface area contributed by atoms with Gasteiger partial charge in [0.15, 0.2) is 0 Å². The molecule has 0 fully saturated rings. The van der Waals surface area contributed by atoms with Crippen LogP contribution in [0.25, 0.3) is 80.9 Å². The molecular formula is C36H21N3S. The lowest BCUT2D eigenvalue weighted by molar-refractivity contribution is 1.02. The second kappa shape index (κ2) is 8.22. The third-order valence-corrected chi connectivity index (χ3v) is 9.12. The fraction of sp³-hybridized carbons (Fsp3) is 0. The van der Waals surface area contributed by atoms with E-state index < -0.39 is 0 Å². The minimum atomic E-state index is 0.688. The van der Waals surface area contributed by atoms with E-state index in [1.54, 1.807) is 0 Å². The van der Waals surface area contributed by atoms with Gasteiger partial charge in [0, 0.05) is 47.3 Å². The maximum atomic E-state index is 5.31. The summed E-state index contributed by atoms with van der Waals surface area (Å²) >= 11 is 1.85. The molecule has 3 heterocycles. The molecule has 0 atom stereocenters. The van der Waals surface area contributed by atoms with Gasteiger partial charge in [-0.2, -0.15) is 0 Å². The highest BCUT2D eigenvalue weighted by Gasteiger charge is 2.20. The lowest BCUT2D eigenvalue weighted by Crippen LogP contribution is -2.03. The molecule has 0 unspecified atom stereocenters. The molecule has 0 radical (unpaired) electrons. The highest BCUT2D eigenvalue weighted by Crippen LogP contribution is 2.42. The van der Waals surface area contributed by atoms with Gasteiger partial charge in [0.1, 0.15) is 0 Å². The minimum Gasteiger partial charge on any atom is -0.277 e. The van der Waals surface area contributed by atoms with Gasteiger partial charge in [-0.1, -0.05) is 103 Å². The van der Waals surface area contributed by atoms with Crippen molar-refractivity contribution in [3.05, 3.63) is 127 Å². The predicted octanol–water partition coefficient (Wildman–Crippen LogP) is 9.91. The first-order chi connectivity index (χ1) is 19.8. The maximum absolute atomic E-state index is 5.31. The number of rotatable bonds is 2. The summed E-state index contributed by atoms with van der Waals surface area (Å²) in [6.07, 6.45) is 0. The van der Waals surface area contributed by atoms with Gasteiger partial charge in [0.05, 0.1) is 22.2 Å². The van der Waals surface area contributed by atoms with E-state index >= 15 is 0 Å². The van der Waals surface area contributed by atoms with E-state index in [1.165, 1.54) is 41.7 Å². The highest BCUT2D eigenvalue weighted by atomic mass is 32.1. The molecule has 9 rings (SSSR count). The molecule has 6 aromatic carbocycles. The first-order valence-electron chi connectivity index (χ1n) is 13.4. The maximum Gasteiger partial charge on any atom is 0.235 e. The number of para-hydroxylation sites is 1. The van der Waals surface area contributed by atoms with Crippen molar-refractivity contribution in [1.82, 2.24) is 14.5 Å². The van der Waals surface area contributed by atoms with Gasteiger partial charge in [-0.3, -0.25) is 4.57 Å². The molecule has 0 N–H and O–H groups in total. The molecular weight excluding hydrogens is 506 g/mol. The zero-order chi connectivity index (χ0) is 26.2. The van der Waals surface area contributed by atoms with E-state index in [0.29, 0.717) is 5.95 Å². The summed E-state index contributed by atoms with van der Waals surface area (Å²) in [5.74, 6) is 0.688. The predicted molar refractivity (Wildman–Crippen MR) is 170 cm³/mol. The van der Waals surface area contributed by atoms with E-state index in [2.05, 4.69) is 126 Å². The van der Waals surface area contributed by atoms with Crippen LogP contribution in [0.15, 0.2) is 127 Å². The number of benzene rings is 6. The fourth-order valence-corrected chi connectivity index (χ4v) is 7.31. The summed E-state index contributed by atoms with van der Waals surface area (Å²) in [6.45, 7) is 0. The zero-order valence-electron chi connectivity index (χ0n) is 21.4. The normalized spacial score (nSPS) is 12.0. The summed E-state index contributed by atoms with van der Waals surface area (Å²) < 4.78 is 4.89. The Labute approximate surface area is 233 Å². The number of aromatic nitrogens is 3. The van der Waals surface area contributed by atoms with Crippen LogP contribution in [-0.4, -0.2) is 14.5 Å². The lowest BCUT2D eigenvalue weighted by Gasteiger charge is -2.12. The summed E-state index contributed by atoms with van der Waals surface area (Å²) in [4.78, 5) is 10.5. The Morgan fingerprint density at radius 1 is 0.500 bits per heavy atom. The van der Waals surface area contributed by atoms with Crippen LogP contribution in [-0.2, 0) is 0 Å². The first-order valence-corrected chi connectivity index (χ1v) is 14.2. The second-order valence-corrected chi connectivity index (χ2v) is 11.3. The summed E-state index contributed by atoms with van der Waals surface area (Å²) in [6, 6.07) is 45.2. The van der Waals surface area contributed by atoms with Crippen LogP contribution in [0.1, 0.15) is 0 Å². The van der Waals surface area contributed by atoms with Gasteiger partial charge in [0.25, 0.3) is 0 Å². The van der Waals surface area contributed by atoms with Crippen molar-refractivity contribution < 1.29 is 0 Å². The monoisotopic (exact) mass is 527 g/mol. The number of hydrogen-bond acceptors (Lipinski definition) is 3. The molecule has 0 amide bonds. The summed E-state index contributed by atoms with van der Waals surface area (Å²) in [7, 11) is 0. The standard InChI is InChI=1S/C36H21N3S/c1-2-11-23(12-3-1)34-27-15-6-8-16-30(27)37-36(38-34)39-31-20-29-25-14-7-9-17-32(25)40-33(29)21-28(31)26-19-18-22-10-4-5-13-24(22)35(26)39/h1-21H. The van der Waals surface area contributed by atoms with Crippen molar-refractivity contribution in [2.45, 2.75) is 0 Å². The second-order valence-electron chi connectivity index (χ2n) is 10.2. The van der Waals surface area contributed by atoms with Crippen molar-refractivity contribution in [3.63, 3.8) is 0 Å². The largest absolute Gasteiger partial charge is 0.277 e. The van der Waals surface area contributed by atoms with Crippen LogP contribution in [0.2, 0.25) is 0 Å². The van der Waals surface area contributed by atoms with Gasteiger partial charge in [-0.05, 0) is 29.7 Å². The van der Waals surface area contributed by atoms with E-state index in [9.17, 15) is 0 Å². The Hall–Kier alpha value is -5.06. The number of thiophene rings is 1. The molecule has 3 nitrogen and oxygen atoms in total. The van der Waals surface area contributed by atoms with E-state index in [-0.39, 0.29) is 0 Å². The molecule has 0 saturated heterocycles. The van der Waals surface area contributed by atoms with Gasteiger partial charge < -0.3 is 0 Å². The van der Waals surface area contributed by atoms with Gasteiger partial charge >= 0.3 is 0 Å². The van der Waals surface area contributed by atoms with E-state index in [1.807, 2.05) is 17.4 Å². The molecule has 9 aromatic rings. The van der Waals surface area contributed by atoms with Gasteiger partial charge in [0.2, 0.25) is 5.95 Å². The quantitative estimate of drug-likeness (QED) is 0.224. The number of hydrogen-bond donors (Lipinski definition) is 0. The lowest BCUT2D eigenvalue weighted by atomic mass is 10.1. The average Bonchev–Trinajstić information content (AvgIpc) is 3.55. The SMILES string of the molecule is c1ccc(-c2nc(-n3c4cc5c(cc4c4ccc6ccccc6c43)sc3ccccc35)nc3ccccc23)cc1. The molecule has 0 spiro atoms. The van der Waals surface area contributed by atoms with Crippen LogP contribution in [0.3, 0.4) is 0 Å². The molecule has 186 valence electrons. The molecule has 0 aliphatic carbocycles. The van der Waals surface area contributed by atoms with Crippen LogP contribution in [0.5, 0.6) is 0 Å². The topological polar surface area (TPSA) is 30.7 Å². The van der Waals surface area contributed by atoms with Crippen molar-refractivity contribution in [2.75, 3.05) is 0 Å². The Bertz CT molecular complexity index is 2430. The van der Waals surface area contributed by atoms with Gasteiger partial charge in [-0.25, -0.2) is 9.97 Å². The zero-order valence-corrected chi connectivity index (χ0v) is 22.2. The van der Waals surface area contributed by atoms with E-state index in [4.69, 9.17) is 9.97 Å². The van der Waals surface area contributed by atoms with Crippen molar-refractivity contribution in [3.8, 4) is 17.2 Å². The smallest absolute Gasteiger partial charge is 0.235 e. The molecule has 0 bridgehead atoms. The van der Waals surface area contributed by atoms with Crippen molar-refractivity contribution in [1.29, 1.82) is 0 Å². The van der Waals surface area contributed by atoms with E-state index in [0.717, 1.165) is 33.2 Å². The Balaban J connectivity index is 1.49. The third-order valence-electron chi connectivity index (χ3n) is 7.99. The van der Waals surface area contributed by atoms with Crippen LogP contribution in [0, 0.1) is 0 Å². The Morgan fingerprint density at radius 2 is 1.25 bits per heavy atom.